The molecule has 0 aromatic carbocycles. The molecule has 76 valence electrons. The van der Waals surface area contributed by atoms with Gasteiger partial charge in [-0.15, -0.1) is 0 Å². The summed E-state index contributed by atoms with van der Waals surface area (Å²) in [5.41, 5.74) is 0. The second-order valence-corrected chi connectivity index (χ2v) is 4.19. The number of nitrogens with one attached hydrogen (secondary N) is 2. The Morgan fingerprint density at radius 2 is 2.15 bits per heavy atom. The predicted molar refractivity (Wildman–Crippen MR) is 55.0 cm³/mol. The van der Waals surface area contributed by atoms with Crippen LogP contribution in [-0.2, 0) is 0 Å². The molecule has 0 unspecified atom stereocenters. The van der Waals surface area contributed by atoms with Crippen molar-refractivity contribution in [2.24, 2.45) is 0 Å². The molecule has 1 atom stereocenters. The van der Waals surface area contributed by atoms with E-state index in [1.165, 1.54) is 58.5 Å². The molecular weight excluding hydrogens is 162 g/mol. The smallest absolute Gasteiger partial charge is 0.0205 e. The molecule has 0 aromatic heterocycles. The summed E-state index contributed by atoms with van der Waals surface area (Å²) in [6, 6.07) is 0.739. The SMILES string of the molecule is C1CCN(CCN[C@H]2CCNC2)C1. The zero-order valence-corrected chi connectivity index (χ0v) is 8.39. The lowest BCUT2D eigenvalue weighted by Gasteiger charge is -2.17. The largest absolute Gasteiger partial charge is 0.315 e. The number of hydrogen-bond acceptors (Lipinski definition) is 3. The maximum Gasteiger partial charge on any atom is 0.0205 e. The fourth-order valence-corrected chi connectivity index (χ4v) is 2.26. The van der Waals surface area contributed by atoms with Gasteiger partial charge in [0.05, 0.1) is 0 Å². The van der Waals surface area contributed by atoms with Crippen LogP contribution >= 0.6 is 0 Å². The Hall–Kier alpha value is -0.120. The molecule has 0 aliphatic carbocycles. The lowest BCUT2D eigenvalue weighted by Crippen LogP contribution is -2.37. The molecule has 3 nitrogen and oxygen atoms in total. The molecule has 2 aliphatic rings. The van der Waals surface area contributed by atoms with Crippen LogP contribution in [0.1, 0.15) is 19.3 Å². The first-order valence-corrected chi connectivity index (χ1v) is 5.61. The van der Waals surface area contributed by atoms with Crippen molar-refractivity contribution in [2.75, 3.05) is 39.3 Å². The van der Waals surface area contributed by atoms with Gasteiger partial charge in [0, 0.05) is 25.7 Å². The molecule has 2 rings (SSSR count). The molecule has 0 radical (unpaired) electrons. The first kappa shape index (κ1) is 9.44. The molecule has 0 bridgehead atoms. The molecule has 2 saturated heterocycles. The Kier molecular flexibility index (Phi) is 3.58. The van der Waals surface area contributed by atoms with Gasteiger partial charge in [-0.1, -0.05) is 0 Å². The van der Waals surface area contributed by atoms with Crippen molar-refractivity contribution in [1.82, 2.24) is 15.5 Å². The van der Waals surface area contributed by atoms with Gasteiger partial charge < -0.3 is 15.5 Å². The third kappa shape index (κ3) is 2.93. The molecule has 0 amide bonds. The quantitative estimate of drug-likeness (QED) is 0.644. The normalized spacial score (nSPS) is 30.0. The van der Waals surface area contributed by atoms with Crippen molar-refractivity contribution >= 4 is 0 Å². The van der Waals surface area contributed by atoms with E-state index in [-0.39, 0.29) is 0 Å². The average Bonchev–Trinajstić information content (AvgIpc) is 2.75. The van der Waals surface area contributed by atoms with Crippen LogP contribution in [0.5, 0.6) is 0 Å². The Labute approximate surface area is 80.9 Å². The third-order valence-electron chi connectivity index (χ3n) is 3.12. The van der Waals surface area contributed by atoms with Crippen molar-refractivity contribution in [1.29, 1.82) is 0 Å². The Morgan fingerprint density at radius 1 is 1.31 bits per heavy atom. The van der Waals surface area contributed by atoms with Crippen LogP contribution in [0.2, 0.25) is 0 Å². The van der Waals surface area contributed by atoms with Crippen molar-refractivity contribution in [3.8, 4) is 0 Å². The minimum Gasteiger partial charge on any atom is -0.315 e. The summed E-state index contributed by atoms with van der Waals surface area (Å²) < 4.78 is 0. The summed E-state index contributed by atoms with van der Waals surface area (Å²) in [4.78, 5) is 2.56. The van der Waals surface area contributed by atoms with E-state index in [1.54, 1.807) is 0 Å². The third-order valence-corrected chi connectivity index (χ3v) is 3.12. The van der Waals surface area contributed by atoms with E-state index < -0.39 is 0 Å². The van der Waals surface area contributed by atoms with Crippen LogP contribution in [0.3, 0.4) is 0 Å². The molecule has 2 N–H and O–H groups in total. The van der Waals surface area contributed by atoms with Crippen molar-refractivity contribution < 1.29 is 0 Å². The van der Waals surface area contributed by atoms with Crippen LogP contribution in [0.4, 0.5) is 0 Å². The molecule has 0 spiro atoms. The first-order valence-electron chi connectivity index (χ1n) is 5.61. The van der Waals surface area contributed by atoms with Crippen LogP contribution < -0.4 is 10.6 Å². The van der Waals surface area contributed by atoms with E-state index in [0.717, 1.165) is 6.04 Å². The highest BCUT2D eigenvalue weighted by atomic mass is 15.2. The second-order valence-electron chi connectivity index (χ2n) is 4.19. The zero-order chi connectivity index (χ0) is 8.93. The minimum absolute atomic E-state index is 0.739. The monoisotopic (exact) mass is 183 g/mol. The maximum absolute atomic E-state index is 3.60. The number of nitrogens with zero attached hydrogens (tertiary/aromatic N) is 1. The summed E-state index contributed by atoms with van der Waals surface area (Å²) in [5.74, 6) is 0. The fourth-order valence-electron chi connectivity index (χ4n) is 2.26. The minimum atomic E-state index is 0.739. The molecular formula is C10H21N3. The highest BCUT2D eigenvalue weighted by Gasteiger charge is 2.14. The highest BCUT2D eigenvalue weighted by Crippen LogP contribution is 2.05. The lowest BCUT2D eigenvalue weighted by molar-refractivity contribution is 0.329. The number of hydrogen-bond donors (Lipinski definition) is 2. The average molecular weight is 183 g/mol. The molecule has 2 heterocycles. The van der Waals surface area contributed by atoms with Crippen LogP contribution in [0.25, 0.3) is 0 Å². The van der Waals surface area contributed by atoms with Gasteiger partial charge in [-0.2, -0.15) is 0 Å². The van der Waals surface area contributed by atoms with Crippen molar-refractivity contribution in [3.05, 3.63) is 0 Å². The molecule has 3 heteroatoms. The summed E-state index contributed by atoms with van der Waals surface area (Å²) in [6.45, 7) is 7.43. The van der Waals surface area contributed by atoms with Crippen LogP contribution in [0.15, 0.2) is 0 Å². The maximum atomic E-state index is 3.60. The van der Waals surface area contributed by atoms with Gasteiger partial charge >= 0.3 is 0 Å². The standard InChI is InChI=1S/C10H21N3/c1-2-7-13(6-1)8-5-12-10-3-4-11-9-10/h10-12H,1-9H2/t10-/m0/s1. The summed E-state index contributed by atoms with van der Waals surface area (Å²) >= 11 is 0. The fraction of sp³-hybridized carbons (Fsp3) is 1.00. The summed E-state index contributed by atoms with van der Waals surface area (Å²) in [6.07, 6.45) is 4.12. The summed E-state index contributed by atoms with van der Waals surface area (Å²) in [7, 11) is 0. The zero-order valence-electron chi connectivity index (χ0n) is 8.39. The van der Waals surface area contributed by atoms with E-state index in [9.17, 15) is 0 Å². The van der Waals surface area contributed by atoms with E-state index in [1.807, 2.05) is 0 Å². The second kappa shape index (κ2) is 4.94. The molecule has 2 fully saturated rings. The molecule has 0 aromatic rings. The van der Waals surface area contributed by atoms with Gasteiger partial charge in [0.2, 0.25) is 0 Å². The van der Waals surface area contributed by atoms with Gasteiger partial charge in [0.15, 0.2) is 0 Å². The summed E-state index contributed by atoms with van der Waals surface area (Å²) in [5, 5.41) is 6.98. The molecule has 0 saturated carbocycles. The Morgan fingerprint density at radius 3 is 2.85 bits per heavy atom. The van der Waals surface area contributed by atoms with Crippen molar-refractivity contribution in [3.63, 3.8) is 0 Å². The van der Waals surface area contributed by atoms with Gasteiger partial charge in [-0.25, -0.2) is 0 Å². The van der Waals surface area contributed by atoms with Gasteiger partial charge in [0.25, 0.3) is 0 Å². The van der Waals surface area contributed by atoms with E-state index in [2.05, 4.69) is 15.5 Å². The van der Waals surface area contributed by atoms with Gasteiger partial charge in [0.1, 0.15) is 0 Å². The Bertz CT molecular complexity index is 121. The van der Waals surface area contributed by atoms with E-state index >= 15 is 0 Å². The predicted octanol–water partition coefficient (Wildman–Crippen LogP) is 0.0337. The number of likely N-dealkylation sites (tertiary alicyclic amines) is 1. The topological polar surface area (TPSA) is 27.3 Å². The van der Waals surface area contributed by atoms with E-state index in [4.69, 9.17) is 0 Å². The molecule has 13 heavy (non-hydrogen) atoms. The van der Waals surface area contributed by atoms with Gasteiger partial charge in [-0.05, 0) is 38.9 Å². The van der Waals surface area contributed by atoms with Crippen LogP contribution in [0, 0.1) is 0 Å². The lowest BCUT2D eigenvalue weighted by atomic mass is 10.2. The van der Waals surface area contributed by atoms with Crippen molar-refractivity contribution in [2.45, 2.75) is 25.3 Å². The molecule has 2 aliphatic heterocycles. The number of rotatable bonds is 4. The Balaban J connectivity index is 1.52. The first-order chi connectivity index (χ1) is 6.45. The van der Waals surface area contributed by atoms with E-state index in [0.29, 0.717) is 0 Å². The van der Waals surface area contributed by atoms with Gasteiger partial charge in [-0.3, -0.25) is 0 Å². The highest BCUT2D eigenvalue weighted by molar-refractivity contribution is 4.78. The van der Waals surface area contributed by atoms with Crippen LogP contribution in [-0.4, -0.2) is 50.2 Å².